The van der Waals surface area contributed by atoms with Crippen LogP contribution in [0.1, 0.15) is 30.9 Å². The Bertz CT molecular complexity index is 409. The highest BCUT2D eigenvalue weighted by atomic mass is 15.3. The molecular weight excluding hydrogens is 238 g/mol. The Balaban J connectivity index is 2.13. The first kappa shape index (κ1) is 14.4. The molecule has 0 saturated carbocycles. The number of piperazine rings is 1. The van der Waals surface area contributed by atoms with Crippen LogP contribution in [0, 0.1) is 0 Å². The van der Waals surface area contributed by atoms with E-state index < -0.39 is 0 Å². The van der Waals surface area contributed by atoms with Crippen LogP contribution in [0.5, 0.6) is 0 Å². The van der Waals surface area contributed by atoms with Gasteiger partial charge in [0.2, 0.25) is 0 Å². The zero-order valence-electron chi connectivity index (χ0n) is 12.2. The number of nitrogens with two attached hydrogens (primary N) is 1. The van der Waals surface area contributed by atoms with Gasteiger partial charge in [-0.25, -0.2) is 9.97 Å². The molecule has 1 saturated heterocycles. The Labute approximate surface area is 115 Å². The fraction of sp³-hybridized carbons (Fsp3) is 0.714. The Morgan fingerprint density at radius 3 is 2.95 bits per heavy atom. The van der Waals surface area contributed by atoms with Gasteiger partial charge in [0.05, 0.1) is 6.04 Å². The lowest BCUT2D eigenvalue weighted by molar-refractivity contribution is 0.109. The molecule has 5 heteroatoms. The van der Waals surface area contributed by atoms with Crippen molar-refractivity contribution in [2.75, 3.05) is 33.7 Å². The lowest BCUT2D eigenvalue weighted by atomic mass is 10.1. The quantitative estimate of drug-likeness (QED) is 0.865. The fourth-order valence-electron chi connectivity index (χ4n) is 2.39. The van der Waals surface area contributed by atoms with E-state index in [1.54, 1.807) is 0 Å². The lowest BCUT2D eigenvalue weighted by Gasteiger charge is -2.36. The molecule has 2 heterocycles. The standard InChI is InChI=1S/C14H25N5/c1-4-11(15)9-12-5-6-16-14(17-12)13-10-18(2)7-8-19(13)3/h5-6,11,13H,4,7-10,15H2,1-3H3. The third-order valence-electron chi connectivity index (χ3n) is 3.88. The summed E-state index contributed by atoms with van der Waals surface area (Å²) in [6.45, 7) is 5.26. The molecule has 0 bridgehead atoms. The third kappa shape index (κ3) is 3.72. The van der Waals surface area contributed by atoms with Gasteiger partial charge in [-0.2, -0.15) is 0 Å². The summed E-state index contributed by atoms with van der Waals surface area (Å²) in [4.78, 5) is 13.8. The molecule has 2 unspecified atom stereocenters. The Morgan fingerprint density at radius 1 is 1.42 bits per heavy atom. The summed E-state index contributed by atoms with van der Waals surface area (Å²) in [7, 11) is 4.29. The van der Waals surface area contributed by atoms with Crippen LogP contribution in [0.25, 0.3) is 0 Å². The minimum absolute atomic E-state index is 0.189. The van der Waals surface area contributed by atoms with Gasteiger partial charge < -0.3 is 10.6 Å². The van der Waals surface area contributed by atoms with E-state index in [9.17, 15) is 0 Å². The second-order valence-electron chi connectivity index (χ2n) is 5.54. The first-order valence-corrected chi connectivity index (χ1v) is 7.06. The van der Waals surface area contributed by atoms with Crippen LogP contribution in [0.15, 0.2) is 12.3 Å². The summed E-state index contributed by atoms with van der Waals surface area (Å²) >= 11 is 0. The predicted octanol–water partition coefficient (Wildman–Crippen LogP) is 0.675. The number of aromatic nitrogens is 2. The minimum atomic E-state index is 0.189. The van der Waals surface area contributed by atoms with Crippen molar-refractivity contribution in [1.82, 2.24) is 19.8 Å². The number of rotatable bonds is 4. The SMILES string of the molecule is CCC(N)Cc1ccnc(C2CN(C)CCN2C)n1. The molecule has 1 aromatic rings. The normalized spacial score (nSPS) is 23.5. The smallest absolute Gasteiger partial charge is 0.146 e. The maximum atomic E-state index is 6.00. The molecule has 0 radical (unpaired) electrons. The zero-order chi connectivity index (χ0) is 13.8. The zero-order valence-corrected chi connectivity index (χ0v) is 12.2. The van der Waals surface area contributed by atoms with Crippen LogP contribution in [0.3, 0.4) is 0 Å². The largest absolute Gasteiger partial charge is 0.327 e. The summed E-state index contributed by atoms with van der Waals surface area (Å²) in [5.74, 6) is 0.926. The van der Waals surface area contributed by atoms with Gasteiger partial charge in [-0.05, 0) is 26.6 Å². The second kappa shape index (κ2) is 6.41. The number of likely N-dealkylation sites (N-methyl/N-ethyl adjacent to an activating group) is 2. The van der Waals surface area contributed by atoms with Crippen molar-refractivity contribution in [3.63, 3.8) is 0 Å². The minimum Gasteiger partial charge on any atom is -0.327 e. The molecule has 106 valence electrons. The molecule has 1 fully saturated rings. The van der Waals surface area contributed by atoms with Gasteiger partial charge in [0.25, 0.3) is 0 Å². The maximum Gasteiger partial charge on any atom is 0.146 e. The molecule has 1 aliphatic rings. The van der Waals surface area contributed by atoms with Crippen LogP contribution < -0.4 is 5.73 Å². The van der Waals surface area contributed by atoms with Crippen molar-refractivity contribution < 1.29 is 0 Å². The molecule has 0 aliphatic carbocycles. The molecule has 2 N–H and O–H groups in total. The van der Waals surface area contributed by atoms with Gasteiger partial charge in [0, 0.05) is 44.0 Å². The Hall–Kier alpha value is -1.04. The molecule has 5 nitrogen and oxygen atoms in total. The Kier molecular flexibility index (Phi) is 4.85. The number of nitrogens with zero attached hydrogens (tertiary/aromatic N) is 4. The molecule has 0 aromatic carbocycles. The summed E-state index contributed by atoms with van der Waals surface area (Å²) < 4.78 is 0. The van der Waals surface area contributed by atoms with Gasteiger partial charge in [-0.1, -0.05) is 6.92 Å². The molecule has 2 atom stereocenters. The van der Waals surface area contributed by atoms with Gasteiger partial charge in [-0.3, -0.25) is 4.90 Å². The van der Waals surface area contributed by atoms with Crippen LogP contribution in [0.2, 0.25) is 0 Å². The fourth-order valence-corrected chi connectivity index (χ4v) is 2.39. The molecule has 19 heavy (non-hydrogen) atoms. The van der Waals surface area contributed by atoms with E-state index in [-0.39, 0.29) is 12.1 Å². The van der Waals surface area contributed by atoms with E-state index in [2.05, 4.69) is 35.8 Å². The lowest BCUT2D eigenvalue weighted by Crippen LogP contribution is -2.45. The monoisotopic (exact) mass is 263 g/mol. The van der Waals surface area contributed by atoms with E-state index in [0.717, 1.165) is 44.0 Å². The summed E-state index contributed by atoms with van der Waals surface area (Å²) in [5.41, 5.74) is 7.06. The van der Waals surface area contributed by atoms with Crippen molar-refractivity contribution in [2.45, 2.75) is 31.8 Å². The molecule has 2 rings (SSSR count). The average molecular weight is 263 g/mol. The molecule has 0 amide bonds. The Morgan fingerprint density at radius 2 is 2.21 bits per heavy atom. The maximum absolute atomic E-state index is 6.00. The summed E-state index contributed by atoms with van der Waals surface area (Å²) in [6.07, 6.45) is 3.67. The highest BCUT2D eigenvalue weighted by Crippen LogP contribution is 2.20. The van der Waals surface area contributed by atoms with Crippen LogP contribution in [-0.4, -0.2) is 59.5 Å². The van der Waals surface area contributed by atoms with E-state index in [4.69, 9.17) is 10.7 Å². The van der Waals surface area contributed by atoms with Gasteiger partial charge >= 0.3 is 0 Å². The van der Waals surface area contributed by atoms with Crippen LogP contribution in [0.4, 0.5) is 0 Å². The summed E-state index contributed by atoms with van der Waals surface area (Å²) in [5, 5.41) is 0. The van der Waals surface area contributed by atoms with Gasteiger partial charge in [0.15, 0.2) is 0 Å². The number of hydrogen-bond acceptors (Lipinski definition) is 5. The van der Waals surface area contributed by atoms with Crippen molar-refractivity contribution in [3.05, 3.63) is 23.8 Å². The average Bonchev–Trinajstić information content (AvgIpc) is 2.41. The van der Waals surface area contributed by atoms with Gasteiger partial charge in [-0.15, -0.1) is 0 Å². The van der Waals surface area contributed by atoms with E-state index in [0.29, 0.717) is 0 Å². The van der Waals surface area contributed by atoms with Crippen molar-refractivity contribution in [2.24, 2.45) is 5.73 Å². The topological polar surface area (TPSA) is 58.3 Å². The first-order chi connectivity index (χ1) is 9.10. The number of hydrogen-bond donors (Lipinski definition) is 1. The van der Waals surface area contributed by atoms with Crippen molar-refractivity contribution >= 4 is 0 Å². The molecular formula is C14H25N5. The highest BCUT2D eigenvalue weighted by molar-refractivity contribution is 5.08. The van der Waals surface area contributed by atoms with E-state index >= 15 is 0 Å². The van der Waals surface area contributed by atoms with Gasteiger partial charge in [0.1, 0.15) is 5.82 Å². The predicted molar refractivity (Wildman–Crippen MR) is 76.9 cm³/mol. The summed E-state index contributed by atoms with van der Waals surface area (Å²) in [6, 6.07) is 2.46. The van der Waals surface area contributed by atoms with Crippen molar-refractivity contribution in [1.29, 1.82) is 0 Å². The highest BCUT2D eigenvalue weighted by Gasteiger charge is 2.26. The third-order valence-corrected chi connectivity index (χ3v) is 3.88. The van der Waals surface area contributed by atoms with Crippen molar-refractivity contribution in [3.8, 4) is 0 Å². The molecule has 1 aromatic heterocycles. The van der Waals surface area contributed by atoms with Crippen LogP contribution in [-0.2, 0) is 6.42 Å². The van der Waals surface area contributed by atoms with E-state index in [1.165, 1.54) is 0 Å². The first-order valence-electron chi connectivity index (χ1n) is 7.06. The van der Waals surface area contributed by atoms with E-state index in [1.807, 2.05) is 12.3 Å². The molecule has 0 spiro atoms. The van der Waals surface area contributed by atoms with Crippen LogP contribution >= 0.6 is 0 Å². The second-order valence-corrected chi connectivity index (χ2v) is 5.54. The molecule has 1 aliphatic heterocycles.